The number of nitrogens with zero attached hydrogens (tertiary/aromatic N) is 3. The number of rotatable bonds is 3. The van der Waals surface area contributed by atoms with Crippen molar-refractivity contribution < 1.29 is 13.7 Å². The van der Waals surface area contributed by atoms with E-state index in [-0.39, 0.29) is 11.8 Å². The maximum atomic E-state index is 13.4. The highest BCUT2D eigenvalue weighted by Gasteiger charge is 2.29. The average molecular weight is 357 g/mol. The largest absolute Gasteiger partial charge is 0.339 e. The molecule has 1 atom stereocenters. The second-order valence-corrected chi connectivity index (χ2v) is 6.98. The SMILES string of the molecule is O=C(c1cccc(F)c1)N1CCC[C@@H](c2nc(-c3cccs3)no2)C1. The Morgan fingerprint density at radius 2 is 2.24 bits per heavy atom. The van der Waals surface area contributed by atoms with Gasteiger partial charge in [0.05, 0.1) is 10.8 Å². The molecule has 1 fully saturated rings. The molecule has 5 nitrogen and oxygen atoms in total. The second kappa shape index (κ2) is 6.76. The van der Waals surface area contributed by atoms with Gasteiger partial charge in [0.1, 0.15) is 5.82 Å². The van der Waals surface area contributed by atoms with Crippen LogP contribution in [0.3, 0.4) is 0 Å². The van der Waals surface area contributed by atoms with E-state index in [1.54, 1.807) is 28.4 Å². The lowest BCUT2D eigenvalue weighted by Gasteiger charge is -2.31. The number of aromatic nitrogens is 2. The van der Waals surface area contributed by atoms with Crippen LogP contribution < -0.4 is 0 Å². The fraction of sp³-hybridized carbons (Fsp3) is 0.278. The van der Waals surface area contributed by atoms with Gasteiger partial charge in [-0.3, -0.25) is 4.79 Å². The summed E-state index contributed by atoms with van der Waals surface area (Å²) < 4.78 is 18.8. The van der Waals surface area contributed by atoms with Crippen LogP contribution in [0, 0.1) is 5.82 Å². The highest BCUT2D eigenvalue weighted by molar-refractivity contribution is 7.13. The number of amides is 1. The number of hydrogen-bond donors (Lipinski definition) is 0. The molecule has 1 aromatic carbocycles. The zero-order valence-electron chi connectivity index (χ0n) is 13.4. The fourth-order valence-corrected chi connectivity index (χ4v) is 3.72. The van der Waals surface area contributed by atoms with Crippen molar-refractivity contribution >= 4 is 17.2 Å². The maximum Gasteiger partial charge on any atom is 0.253 e. The molecular weight excluding hydrogens is 341 g/mol. The Kier molecular flexibility index (Phi) is 4.31. The van der Waals surface area contributed by atoms with Crippen LogP contribution in [0.2, 0.25) is 0 Å². The van der Waals surface area contributed by atoms with Gasteiger partial charge in [0.15, 0.2) is 0 Å². The zero-order valence-corrected chi connectivity index (χ0v) is 14.2. The molecule has 1 amide bonds. The average Bonchev–Trinajstić information content (AvgIpc) is 3.32. The Hall–Kier alpha value is -2.54. The number of hydrogen-bond acceptors (Lipinski definition) is 5. The number of benzene rings is 1. The van der Waals surface area contributed by atoms with Gasteiger partial charge in [-0.2, -0.15) is 4.98 Å². The Morgan fingerprint density at radius 3 is 3.04 bits per heavy atom. The first-order valence-electron chi connectivity index (χ1n) is 8.13. The third-order valence-corrected chi connectivity index (χ3v) is 5.18. The van der Waals surface area contributed by atoms with E-state index in [2.05, 4.69) is 10.1 Å². The quantitative estimate of drug-likeness (QED) is 0.712. The molecule has 1 aliphatic heterocycles. The van der Waals surface area contributed by atoms with E-state index in [4.69, 9.17) is 4.52 Å². The normalized spacial score (nSPS) is 17.6. The van der Waals surface area contributed by atoms with Crippen LogP contribution in [0.5, 0.6) is 0 Å². The summed E-state index contributed by atoms with van der Waals surface area (Å²) in [5.41, 5.74) is 0.366. The first kappa shape index (κ1) is 16.0. The summed E-state index contributed by atoms with van der Waals surface area (Å²) in [7, 11) is 0. The molecular formula is C18H16FN3O2S. The predicted octanol–water partition coefficient (Wildman–Crippen LogP) is 3.96. The third kappa shape index (κ3) is 3.32. The maximum absolute atomic E-state index is 13.4. The van der Waals surface area contributed by atoms with Crippen molar-refractivity contribution in [3.05, 3.63) is 59.0 Å². The van der Waals surface area contributed by atoms with Crippen molar-refractivity contribution in [1.29, 1.82) is 0 Å². The van der Waals surface area contributed by atoms with Gasteiger partial charge in [0, 0.05) is 18.7 Å². The molecule has 0 spiro atoms. The number of halogens is 1. The molecule has 3 aromatic rings. The van der Waals surface area contributed by atoms with Crippen LogP contribution in [0.4, 0.5) is 4.39 Å². The van der Waals surface area contributed by atoms with Gasteiger partial charge in [0.25, 0.3) is 5.91 Å². The van der Waals surface area contributed by atoms with E-state index < -0.39 is 5.82 Å². The molecule has 3 heterocycles. The van der Waals surface area contributed by atoms with Crippen molar-refractivity contribution in [2.24, 2.45) is 0 Å². The summed E-state index contributed by atoms with van der Waals surface area (Å²) in [5.74, 6) is 0.574. The Bertz CT molecular complexity index is 878. The molecule has 7 heteroatoms. The van der Waals surface area contributed by atoms with E-state index >= 15 is 0 Å². The number of likely N-dealkylation sites (tertiary alicyclic amines) is 1. The Morgan fingerprint density at radius 1 is 1.32 bits per heavy atom. The zero-order chi connectivity index (χ0) is 17.2. The van der Waals surface area contributed by atoms with E-state index in [9.17, 15) is 9.18 Å². The summed E-state index contributed by atoms with van der Waals surface area (Å²) in [4.78, 5) is 19.8. The summed E-state index contributed by atoms with van der Waals surface area (Å²) in [6.45, 7) is 1.15. The van der Waals surface area contributed by atoms with Crippen LogP contribution in [-0.4, -0.2) is 34.0 Å². The first-order valence-corrected chi connectivity index (χ1v) is 9.01. The van der Waals surface area contributed by atoms with Crippen molar-refractivity contribution in [2.45, 2.75) is 18.8 Å². The number of carbonyl (C=O) groups excluding carboxylic acids is 1. The second-order valence-electron chi connectivity index (χ2n) is 6.03. The van der Waals surface area contributed by atoms with Crippen molar-refractivity contribution in [1.82, 2.24) is 15.0 Å². The van der Waals surface area contributed by atoms with Crippen molar-refractivity contribution in [3.63, 3.8) is 0 Å². The first-order chi connectivity index (χ1) is 12.2. The fourth-order valence-electron chi connectivity index (χ4n) is 3.07. The highest BCUT2D eigenvalue weighted by Crippen LogP contribution is 2.29. The molecule has 1 aliphatic rings. The third-order valence-electron chi connectivity index (χ3n) is 4.31. The number of thiophene rings is 1. The highest BCUT2D eigenvalue weighted by atomic mass is 32.1. The van der Waals surface area contributed by atoms with Gasteiger partial charge in [0.2, 0.25) is 11.7 Å². The van der Waals surface area contributed by atoms with E-state index in [0.717, 1.165) is 17.7 Å². The molecule has 1 saturated heterocycles. The number of piperidine rings is 1. The molecule has 128 valence electrons. The Labute approximate surface area is 148 Å². The molecule has 25 heavy (non-hydrogen) atoms. The molecule has 0 aliphatic carbocycles. The summed E-state index contributed by atoms with van der Waals surface area (Å²) in [5, 5.41) is 6.01. The van der Waals surface area contributed by atoms with Gasteiger partial charge in [-0.25, -0.2) is 4.39 Å². The van der Waals surface area contributed by atoms with Gasteiger partial charge in [-0.1, -0.05) is 17.3 Å². The van der Waals surface area contributed by atoms with E-state index in [1.807, 2.05) is 17.5 Å². The lowest BCUT2D eigenvalue weighted by molar-refractivity contribution is 0.0695. The topological polar surface area (TPSA) is 59.2 Å². The van der Waals surface area contributed by atoms with E-state index in [0.29, 0.717) is 30.4 Å². The van der Waals surface area contributed by atoms with Crippen molar-refractivity contribution in [3.8, 4) is 10.7 Å². The lowest BCUT2D eigenvalue weighted by Crippen LogP contribution is -2.39. The summed E-state index contributed by atoms with van der Waals surface area (Å²) in [6.07, 6.45) is 1.74. The standard InChI is InChI=1S/C18H16FN3O2S/c19-14-6-1-4-12(10-14)18(23)22-8-2-5-13(11-22)17-20-16(21-24-17)15-7-3-9-25-15/h1,3-4,6-7,9-10,13H,2,5,8,11H2/t13-/m1/s1. The van der Waals surface area contributed by atoms with Gasteiger partial charge in [-0.05, 0) is 42.5 Å². The van der Waals surface area contributed by atoms with Crippen LogP contribution in [0.15, 0.2) is 46.3 Å². The lowest BCUT2D eigenvalue weighted by atomic mass is 9.97. The predicted molar refractivity (Wildman–Crippen MR) is 91.9 cm³/mol. The molecule has 4 rings (SSSR count). The van der Waals surface area contributed by atoms with Gasteiger partial charge < -0.3 is 9.42 Å². The summed E-state index contributed by atoms with van der Waals surface area (Å²) >= 11 is 1.56. The van der Waals surface area contributed by atoms with Crippen molar-refractivity contribution in [2.75, 3.05) is 13.1 Å². The molecule has 0 N–H and O–H groups in total. The van der Waals surface area contributed by atoms with Gasteiger partial charge >= 0.3 is 0 Å². The minimum absolute atomic E-state index is 0.00692. The molecule has 0 bridgehead atoms. The monoisotopic (exact) mass is 357 g/mol. The number of carbonyl (C=O) groups is 1. The molecule has 0 saturated carbocycles. The minimum atomic E-state index is -0.406. The molecule has 2 aromatic heterocycles. The molecule has 0 unspecified atom stereocenters. The van der Waals surface area contributed by atoms with Crippen LogP contribution in [0.25, 0.3) is 10.7 Å². The molecule has 0 radical (unpaired) electrons. The van der Waals surface area contributed by atoms with Gasteiger partial charge in [-0.15, -0.1) is 11.3 Å². The minimum Gasteiger partial charge on any atom is -0.339 e. The summed E-state index contributed by atoms with van der Waals surface area (Å²) in [6, 6.07) is 9.68. The van der Waals surface area contributed by atoms with Crippen LogP contribution in [0.1, 0.15) is 35.0 Å². The smallest absolute Gasteiger partial charge is 0.253 e. The van der Waals surface area contributed by atoms with E-state index in [1.165, 1.54) is 12.1 Å². The van der Waals surface area contributed by atoms with Crippen LogP contribution >= 0.6 is 11.3 Å². The Balaban J connectivity index is 1.50. The van der Waals surface area contributed by atoms with Crippen LogP contribution in [-0.2, 0) is 0 Å².